The van der Waals surface area contributed by atoms with Crippen molar-refractivity contribution >= 4 is 17.5 Å². The Hall–Kier alpha value is -2.41. The van der Waals surface area contributed by atoms with Gasteiger partial charge in [-0.15, -0.1) is 0 Å². The molecule has 2 rings (SSSR count). The average Bonchev–Trinajstić information content (AvgIpc) is 2.50. The Morgan fingerprint density at radius 3 is 2.21 bits per heavy atom. The van der Waals surface area contributed by atoms with Gasteiger partial charge in [0, 0.05) is 0 Å². The maximum Gasteiger partial charge on any atom is 0.416 e. The first-order valence-corrected chi connectivity index (χ1v) is 7.15. The molecular formula is C16H13ClF3NO3. The van der Waals surface area contributed by atoms with Crippen LogP contribution >= 0.6 is 11.6 Å². The predicted octanol–water partition coefficient (Wildman–Crippen LogP) is 4.40. The minimum atomic E-state index is -4.47. The molecule has 0 heterocycles. The van der Waals surface area contributed by atoms with Crippen LogP contribution in [0.2, 0.25) is 5.02 Å². The van der Waals surface area contributed by atoms with Crippen LogP contribution in [0.1, 0.15) is 12.5 Å². The first-order chi connectivity index (χ1) is 11.2. The maximum atomic E-state index is 12.6. The van der Waals surface area contributed by atoms with E-state index in [2.05, 4.69) is 0 Å². The fourth-order valence-corrected chi connectivity index (χ4v) is 1.95. The summed E-state index contributed by atoms with van der Waals surface area (Å²) in [5.41, 5.74) is 4.23. The topological polar surface area (TPSA) is 61.6 Å². The number of carbonyl (C=O) groups is 1. The summed E-state index contributed by atoms with van der Waals surface area (Å²) in [6, 6.07) is 8.94. The molecular weight excluding hydrogens is 347 g/mol. The minimum Gasteiger partial charge on any atom is -0.481 e. The van der Waals surface area contributed by atoms with E-state index >= 15 is 0 Å². The van der Waals surface area contributed by atoms with E-state index in [1.165, 1.54) is 31.2 Å². The molecule has 1 atom stereocenters. The van der Waals surface area contributed by atoms with Gasteiger partial charge in [-0.25, -0.2) is 0 Å². The van der Waals surface area contributed by atoms with Gasteiger partial charge in [0.2, 0.25) is 0 Å². The summed E-state index contributed by atoms with van der Waals surface area (Å²) in [6.07, 6.45) is -5.26. The van der Waals surface area contributed by atoms with Crippen LogP contribution in [0.25, 0.3) is 0 Å². The number of rotatable bonds is 5. The molecule has 1 unspecified atom stereocenters. The number of alkyl halides is 3. The molecule has 0 aromatic heterocycles. The Balaban J connectivity index is 2.10. The van der Waals surface area contributed by atoms with Crippen LogP contribution in [0.4, 0.5) is 13.2 Å². The molecule has 1 amide bonds. The smallest absolute Gasteiger partial charge is 0.416 e. The highest BCUT2D eigenvalue weighted by Crippen LogP contribution is 2.36. The molecule has 0 saturated carbocycles. The van der Waals surface area contributed by atoms with Crippen molar-refractivity contribution in [2.24, 2.45) is 5.73 Å². The van der Waals surface area contributed by atoms with Gasteiger partial charge in [-0.05, 0) is 49.4 Å². The van der Waals surface area contributed by atoms with E-state index in [-0.39, 0.29) is 10.8 Å². The van der Waals surface area contributed by atoms with Crippen LogP contribution in [-0.4, -0.2) is 12.0 Å². The summed E-state index contributed by atoms with van der Waals surface area (Å²) in [5, 5.41) is -0.160. The molecule has 4 nitrogen and oxygen atoms in total. The predicted molar refractivity (Wildman–Crippen MR) is 82.3 cm³/mol. The number of benzene rings is 2. The SMILES string of the molecule is CC(Oc1ccc(Oc2ccc(C(F)(F)F)cc2Cl)cc1)C(N)=O. The zero-order valence-electron chi connectivity index (χ0n) is 12.4. The van der Waals surface area contributed by atoms with Crippen molar-refractivity contribution in [2.75, 3.05) is 0 Å². The highest BCUT2D eigenvalue weighted by atomic mass is 35.5. The van der Waals surface area contributed by atoms with Crippen LogP contribution in [-0.2, 0) is 11.0 Å². The molecule has 2 N–H and O–H groups in total. The van der Waals surface area contributed by atoms with Crippen LogP contribution in [0.5, 0.6) is 17.2 Å². The van der Waals surface area contributed by atoms with E-state index in [1.807, 2.05) is 0 Å². The number of carbonyl (C=O) groups excluding carboxylic acids is 1. The summed E-state index contributed by atoms with van der Waals surface area (Å²) in [7, 11) is 0. The van der Waals surface area contributed by atoms with Gasteiger partial charge in [0.05, 0.1) is 10.6 Å². The molecule has 0 bridgehead atoms. The third-order valence-corrected chi connectivity index (χ3v) is 3.32. The third kappa shape index (κ3) is 4.55. The third-order valence-electron chi connectivity index (χ3n) is 3.02. The molecule has 24 heavy (non-hydrogen) atoms. The number of halogens is 4. The van der Waals surface area contributed by atoms with Crippen molar-refractivity contribution in [3.8, 4) is 17.2 Å². The summed E-state index contributed by atoms with van der Waals surface area (Å²) in [6.45, 7) is 1.51. The first-order valence-electron chi connectivity index (χ1n) is 6.77. The van der Waals surface area contributed by atoms with Gasteiger partial charge in [0.1, 0.15) is 17.2 Å². The van der Waals surface area contributed by atoms with Gasteiger partial charge in [-0.3, -0.25) is 4.79 Å². The fraction of sp³-hybridized carbons (Fsp3) is 0.188. The largest absolute Gasteiger partial charge is 0.481 e. The molecule has 0 aliphatic rings. The van der Waals surface area contributed by atoms with E-state index in [1.54, 1.807) is 0 Å². The van der Waals surface area contributed by atoms with Crippen molar-refractivity contribution in [1.82, 2.24) is 0 Å². The Morgan fingerprint density at radius 1 is 1.12 bits per heavy atom. The monoisotopic (exact) mass is 359 g/mol. The van der Waals surface area contributed by atoms with E-state index < -0.39 is 23.8 Å². The Morgan fingerprint density at radius 2 is 1.71 bits per heavy atom. The number of hydrogen-bond donors (Lipinski definition) is 1. The summed E-state index contributed by atoms with van der Waals surface area (Å²) >= 11 is 5.82. The molecule has 2 aromatic carbocycles. The first kappa shape index (κ1) is 17.9. The van der Waals surface area contributed by atoms with E-state index in [0.717, 1.165) is 18.2 Å². The van der Waals surface area contributed by atoms with E-state index in [0.29, 0.717) is 11.5 Å². The standard InChI is InChI=1S/C16H13ClF3NO3/c1-9(15(21)22)23-11-3-5-12(6-4-11)24-14-7-2-10(8-13(14)17)16(18,19)20/h2-9H,1H3,(H2,21,22). The minimum absolute atomic E-state index is 0.0869. The van der Waals surface area contributed by atoms with Gasteiger partial charge < -0.3 is 15.2 Å². The van der Waals surface area contributed by atoms with Crippen LogP contribution < -0.4 is 15.2 Å². The summed E-state index contributed by atoms with van der Waals surface area (Å²) < 4.78 is 48.5. The lowest BCUT2D eigenvalue weighted by atomic mass is 10.2. The normalized spacial score (nSPS) is 12.5. The molecule has 0 radical (unpaired) electrons. The summed E-state index contributed by atoms with van der Waals surface area (Å²) in [4.78, 5) is 10.9. The Kier molecular flexibility index (Phi) is 5.23. The van der Waals surface area contributed by atoms with Crippen LogP contribution in [0.3, 0.4) is 0 Å². The molecule has 0 fully saturated rings. The second-order valence-corrected chi connectivity index (χ2v) is 5.29. The Labute approximate surface area is 140 Å². The number of nitrogens with two attached hydrogens (primary N) is 1. The van der Waals surface area contributed by atoms with Crippen molar-refractivity contribution in [2.45, 2.75) is 19.2 Å². The number of primary amides is 1. The van der Waals surface area contributed by atoms with Gasteiger partial charge >= 0.3 is 6.18 Å². The second-order valence-electron chi connectivity index (χ2n) is 4.88. The molecule has 0 saturated heterocycles. The molecule has 0 aliphatic heterocycles. The fourth-order valence-electron chi connectivity index (χ4n) is 1.74. The van der Waals surface area contributed by atoms with Crippen molar-refractivity contribution in [3.05, 3.63) is 53.1 Å². The molecule has 0 aliphatic carbocycles. The molecule has 2 aromatic rings. The van der Waals surface area contributed by atoms with Crippen LogP contribution in [0, 0.1) is 0 Å². The van der Waals surface area contributed by atoms with Crippen molar-refractivity contribution in [3.63, 3.8) is 0 Å². The molecule has 0 spiro atoms. The lowest BCUT2D eigenvalue weighted by Crippen LogP contribution is -2.30. The van der Waals surface area contributed by atoms with Gasteiger partial charge in [0.15, 0.2) is 6.10 Å². The average molecular weight is 360 g/mol. The van der Waals surface area contributed by atoms with Gasteiger partial charge in [-0.1, -0.05) is 11.6 Å². The maximum absolute atomic E-state index is 12.6. The highest BCUT2D eigenvalue weighted by molar-refractivity contribution is 6.32. The van der Waals surface area contributed by atoms with Crippen molar-refractivity contribution < 1.29 is 27.4 Å². The molecule has 128 valence electrons. The zero-order chi connectivity index (χ0) is 17.9. The number of ether oxygens (including phenoxy) is 2. The van der Waals surface area contributed by atoms with E-state index in [4.69, 9.17) is 26.8 Å². The van der Waals surface area contributed by atoms with Crippen LogP contribution in [0.15, 0.2) is 42.5 Å². The number of hydrogen-bond acceptors (Lipinski definition) is 3. The van der Waals surface area contributed by atoms with Gasteiger partial charge in [0.25, 0.3) is 5.91 Å². The lowest BCUT2D eigenvalue weighted by molar-refractivity contribution is -0.137. The second kappa shape index (κ2) is 7.00. The highest BCUT2D eigenvalue weighted by Gasteiger charge is 2.31. The summed E-state index contributed by atoms with van der Waals surface area (Å²) in [5.74, 6) is 0.221. The molecule has 8 heteroatoms. The number of amides is 1. The van der Waals surface area contributed by atoms with E-state index in [9.17, 15) is 18.0 Å². The van der Waals surface area contributed by atoms with Gasteiger partial charge in [-0.2, -0.15) is 13.2 Å². The quantitative estimate of drug-likeness (QED) is 0.860. The van der Waals surface area contributed by atoms with Crippen molar-refractivity contribution in [1.29, 1.82) is 0 Å². The lowest BCUT2D eigenvalue weighted by Gasteiger charge is -2.13. The zero-order valence-corrected chi connectivity index (χ0v) is 13.2. The Bertz CT molecular complexity index is 732.